The molecule has 148 valence electrons. The van der Waals surface area contributed by atoms with Crippen LogP contribution in [0.2, 0.25) is 0 Å². The van der Waals surface area contributed by atoms with Gasteiger partial charge in [0.1, 0.15) is 0 Å². The van der Waals surface area contributed by atoms with Gasteiger partial charge >= 0.3 is 0 Å². The molecule has 3 aliphatic rings. The number of hydrogen-bond acceptors (Lipinski definition) is 4. The van der Waals surface area contributed by atoms with Crippen LogP contribution in [-0.4, -0.2) is 20.2 Å². The van der Waals surface area contributed by atoms with E-state index >= 15 is 0 Å². The topological polar surface area (TPSA) is 83.6 Å². The molecule has 0 spiro atoms. The van der Waals surface area contributed by atoms with E-state index in [9.17, 15) is 18.0 Å². The van der Waals surface area contributed by atoms with E-state index in [1.165, 1.54) is 29.2 Å². The van der Waals surface area contributed by atoms with Crippen molar-refractivity contribution in [2.45, 2.75) is 18.2 Å². The minimum absolute atomic E-state index is 0.0721. The number of imide groups is 1. The lowest BCUT2D eigenvalue weighted by atomic mass is 9.85. The van der Waals surface area contributed by atoms with Gasteiger partial charge in [0.25, 0.3) is 10.0 Å². The molecule has 7 heteroatoms. The molecular weight excluding hydrogens is 388 g/mol. The third kappa shape index (κ3) is 2.80. The normalized spacial score (nSPS) is 27.6. The van der Waals surface area contributed by atoms with Crippen molar-refractivity contribution in [1.29, 1.82) is 0 Å². The van der Waals surface area contributed by atoms with E-state index in [4.69, 9.17) is 0 Å². The molecule has 4 atom stereocenters. The van der Waals surface area contributed by atoms with Gasteiger partial charge in [-0.15, -0.1) is 0 Å². The summed E-state index contributed by atoms with van der Waals surface area (Å²) < 4.78 is 27.8. The number of nitrogens with one attached hydrogen (secondary N) is 1. The Morgan fingerprint density at radius 1 is 0.862 bits per heavy atom. The maximum Gasteiger partial charge on any atom is 0.261 e. The van der Waals surface area contributed by atoms with Gasteiger partial charge in [0.05, 0.1) is 22.4 Å². The summed E-state index contributed by atoms with van der Waals surface area (Å²) in [6.45, 7) is 1.92. The highest BCUT2D eigenvalue weighted by atomic mass is 32.2. The highest BCUT2D eigenvalue weighted by molar-refractivity contribution is 7.92. The first-order valence-corrected chi connectivity index (χ1v) is 11.1. The Morgan fingerprint density at radius 2 is 1.41 bits per heavy atom. The number of sulfonamides is 1. The van der Waals surface area contributed by atoms with Crippen LogP contribution in [0.4, 0.5) is 11.4 Å². The fraction of sp³-hybridized carbons (Fsp3) is 0.273. The maximum atomic E-state index is 12.9. The maximum absolute atomic E-state index is 12.9. The molecule has 2 amide bonds. The Balaban J connectivity index is 1.39. The lowest BCUT2D eigenvalue weighted by Crippen LogP contribution is -2.32. The van der Waals surface area contributed by atoms with Crippen LogP contribution in [0, 0.1) is 30.6 Å². The van der Waals surface area contributed by atoms with Crippen molar-refractivity contribution >= 4 is 33.2 Å². The monoisotopic (exact) mass is 408 g/mol. The lowest BCUT2D eigenvalue weighted by molar-refractivity contribution is -0.123. The Labute approximate surface area is 169 Å². The second kappa shape index (κ2) is 6.29. The van der Waals surface area contributed by atoms with Crippen molar-refractivity contribution in [3.8, 4) is 0 Å². The van der Waals surface area contributed by atoms with Crippen LogP contribution in [0.3, 0.4) is 0 Å². The predicted octanol–water partition coefficient (Wildman–Crippen LogP) is 3.11. The van der Waals surface area contributed by atoms with Crippen LogP contribution in [0.25, 0.3) is 0 Å². The molecule has 1 saturated heterocycles. The zero-order chi connectivity index (χ0) is 20.3. The van der Waals surface area contributed by atoms with Gasteiger partial charge in [0.2, 0.25) is 11.8 Å². The zero-order valence-corrected chi connectivity index (χ0v) is 16.6. The van der Waals surface area contributed by atoms with Crippen molar-refractivity contribution in [2.24, 2.45) is 23.7 Å². The highest BCUT2D eigenvalue weighted by Gasteiger charge is 2.59. The SMILES string of the molecule is Cc1ccc(NS(=O)(=O)c2ccc(N3C(=O)[C@@H]4[C@@H]5C=CC(C5)[C@@H]4C3=O)cc2)cc1. The van der Waals surface area contributed by atoms with E-state index in [1.54, 1.807) is 12.1 Å². The lowest BCUT2D eigenvalue weighted by Gasteiger charge is -2.17. The first-order valence-electron chi connectivity index (χ1n) is 9.61. The fourth-order valence-electron chi connectivity index (χ4n) is 4.77. The number of fused-ring (bicyclic) bond motifs is 5. The van der Waals surface area contributed by atoms with Crippen molar-refractivity contribution < 1.29 is 18.0 Å². The zero-order valence-electron chi connectivity index (χ0n) is 15.8. The summed E-state index contributed by atoms with van der Waals surface area (Å²) in [4.78, 5) is 27.1. The van der Waals surface area contributed by atoms with E-state index in [0.717, 1.165) is 12.0 Å². The molecule has 29 heavy (non-hydrogen) atoms. The van der Waals surface area contributed by atoms with Crippen LogP contribution < -0.4 is 9.62 Å². The number of allylic oxidation sites excluding steroid dienone is 2. The Bertz CT molecular complexity index is 1110. The van der Waals surface area contributed by atoms with Gasteiger partial charge < -0.3 is 0 Å². The number of nitrogens with zero attached hydrogens (tertiary/aromatic N) is 1. The van der Waals surface area contributed by atoms with Crippen LogP contribution in [-0.2, 0) is 19.6 Å². The van der Waals surface area contributed by atoms with Gasteiger partial charge in [0, 0.05) is 5.69 Å². The van der Waals surface area contributed by atoms with Gasteiger partial charge in [-0.2, -0.15) is 0 Å². The fourth-order valence-corrected chi connectivity index (χ4v) is 5.83. The largest absolute Gasteiger partial charge is 0.280 e. The van der Waals surface area contributed by atoms with Crippen LogP contribution >= 0.6 is 0 Å². The molecule has 1 N–H and O–H groups in total. The van der Waals surface area contributed by atoms with Crippen molar-refractivity contribution in [3.63, 3.8) is 0 Å². The minimum Gasteiger partial charge on any atom is -0.280 e. The molecule has 1 unspecified atom stereocenters. The van der Waals surface area contributed by atoms with Crippen molar-refractivity contribution in [2.75, 3.05) is 9.62 Å². The third-order valence-electron chi connectivity index (χ3n) is 6.18. The van der Waals surface area contributed by atoms with Gasteiger partial charge in [0.15, 0.2) is 0 Å². The van der Waals surface area contributed by atoms with Gasteiger partial charge in [-0.05, 0) is 61.6 Å². The molecule has 1 aliphatic heterocycles. The highest BCUT2D eigenvalue weighted by Crippen LogP contribution is 2.53. The van der Waals surface area contributed by atoms with Crippen molar-refractivity contribution in [1.82, 2.24) is 0 Å². The summed E-state index contributed by atoms with van der Waals surface area (Å²) in [6, 6.07) is 12.9. The van der Waals surface area contributed by atoms with Crippen LogP contribution in [0.1, 0.15) is 12.0 Å². The van der Waals surface area contributed by atoms with E-state index in [1.807, 2.05) is 31.2 Å². The first kappa shape index (κ1) is 18.1. The second-order valence-electron chi connectivity index (χ2n) is 7.98. The molecule has 2 aliphatic carbocycles. The second-order valence-corrected chi connectivity index (χ2v) is 9.66. The van der Waals surface area contributed by atoms with Crippen molar-refractivity contribution in [3.05, 3.63) is 66.2 Å². The number of anilines is 2. The predicted molar refractivity (Wildman–Crippen MR) is 109 cm³/mol. The molecule has 2 fully saturated rings. The Hall–Kier alpha value is -2.93. The molecule has 2 bridgehead atoms. The molecule has 6 nitrogen and oxygen atoms in total. The molecule has 0 aromatic heterocycles. The average Bonchev–Trinajstić information content (AvgIpc) is 3.37. The summed E-state index contributed by atoms with van der Waals surface area (Å²) in [6.07, 6.45) is 4.97. The third-order valence-corrected chi connectivity index (χ3v) is 7.58. The number of aryl methyl sites for hydroxylation is 1. The number of amides is 2. The molecule has 1 saturated carbocycles. The summed E-state index contributed by atoms with van der Waals surface area (Å²) in [7, 11) is -3.76. The van der Waals surface area contributed by atoms with Gasteiger partial charge in [-0.3, -0.25) is 19.2 Å². The quantitative estimate of drug-likeness (QED) is 0.622. The van der Waals surface area contributed by atoms with Gasteiger partial charge in [-0.25, -0.2) is 8.42 Å². The number of carbonyl (C=O) groups excluding carboxylic acids is 2. The number of carbonyl (C=O) groups is 2. The summed E-state index contributed by atoms with van der Waals surface area (Å²) in [5, 5.41) is 0. The van der Waals surface area contributed by atoms with E-state index in [2.05, 4.69) is 4.72 Å². The molecule has 2 aromatic rings. The molecule has 1 heterocycles. The summed E-state index contributed by atoms with van der Waals surface area (Å²) >= 11 is 0. The Morgan fingerprint density at radius 3 is 1.97 bits per heavy atom. The number of benzene rings is 2. The molecule has 2 aromatic carbocycles. The van der Waals surface area contributed by atoms with E-state index < -0.39 is 10.0 Å². The Kier molecular flexibility index (Phi) is 3.93. The number of rotatable bonds is 4. The van der Waals surface area contributed by atoms with Crippen LogP contribution in [0.5, 0.6) is 0 Å². The summed E-state index contributed by atoms with van der Waals surface area (Å²) in [5.74, 6) is -0.613. The number of hydrogen-bond donors (Lipinski definition) is 1. The van der Waals surface area contributed by atoms with Crippen LogP contribution in [0.15, 0.2) is 65.6 Å². The average molecular weight is 408 g/mol. The van der Waals surface area contributed by atoms with E-state index in [0.29, 0.717) is 11.4 Å². The van der Waals surface area contributed by atoms with Gasteiger partial charge in [-0.1, -0.05) is 29.8 Å². The molecule has 5 rings (SSSR count). The summed E-state index contributed by atoms with van der Waals surface area (Å²) in [5.41, 5.74) is 1.93. The molecular formula is C22H20N2O4S. The smallest absolute Gasteiger partial charge is 0.261 e. The van der Waals surface area contributed by atoms with E-state index in [-0.39, 0.29) is 40.4 Å². The standard InChI is InChI=1S/C22H20N2O4S/c1-13-2-6-16(7-3-13)23-29(27,28)18-10-8-17(9-11-18)24-21(25)19-14-4-5-15(12-14)20(19)22(24)26/h2-11,14-15,19-20,23H,12H2,1H3/t14-,15?,19-,20+/m1/s1. The first-order chi connectivity index (χ1) is 13.8. The minimum atomic E-state index is -3.76. The molecule has 0 radical (unpaired) electrons.